The van der Waals surface area contributed by atoms with Crippen LogP contribution in [-0.4, -0.2) is 42.9 Å². The number of hydrogen-bond donors (Lipinski definition) is 2. The van der Waals surface area contributed by atoms with E-state index in [-0.39, 0.29) is 17.9 Å². The molecule has 0 bridgehead atoms. The van der Waals surface area contributed by atoms with Crippen molar-refractivity contribution in [2.24, 2.45) is 11.7 Å². The van der Waals surface area contributed by atoms with Crippen molar-refractivity contribution in [2.75, 3.05) is 20.1 Å². The largest absolute Gasteiger partial charge is 0.357 e. The lowest BCUT2D eigenvalue weighted by Crippen LogP contribution is -2.43. The third kappa shape index (κ3) is 9.78. The highest BCUT2D eigenvalue weighted by atomic mass is 16.2. The zero-order valence-corrected chi connectivity index (χ0v) is 14.6. The van der Waals surface area contributed by atoms with Crippen LogP contribution in [0.1, 0.15) is 54.9 Å². The molecule has 1 fully saturated rings. The Morgan fingerprint density at radius 3 is 1.95 bits per heavy atom. The Morgan fingerprint density at radius 1 is 1.25 bits per heavy atom. The second-order valence-electron chi connectivity index (χ2n) is 4.05. The van der Waals surface area contributed by atoms with Crippen molar-refractivity contribution in [3.05, 3.63) is 0 Å². The molecule has 1 rings (SSSR count). The molecule has 1 saturated heterocycles. The van der Waals surface area contributed by atoms with Gasteiger partial charge in [-0.1, -0.05) is 41.5 Å². The molecule has 2 atom stereocenters. The Hall–Kier alpha value is -1.10. The maximum atomic E-state index is 11.4. The number of carbonyl (C=O) groups excluding carboxylic acids is 2. The van der Waals surface area contributed by atoms with Gasteiger partial charge in [0.25, 0.3) is 0 Å². The maximum Gasteiger partial charge on any atom is 0.242 e. The third-order valence-corrected chi connectivity index (χ3v) is 2.46. The number of hydrogen-bond acceptors (Lipinski definition) is 3. The van der Waals surface area contributed by atoms with Gasteiger partial charge in [-0.15, -0.1) is 0 Å². The zero-order chi connectivity index (χ0) is 16.7. The Labute approximate surface area is 125 Å². The lowest BCUT2D eigenvalue weighted by molar-refractivity contribution is -0.136. The highest BCUT2D eigenvalue weighted by molar-refractivity contribution is 5.87. The van der Waals surface area contributed by atoms with E-state index in [1.807, 2.05) is 34.6 Å². The number of amides is 2. The summed E-state index contributed by atoms with van der Waals surface area (Å²) in [6.07, 6.45) is 0.777. The number of nitrogens with one attached hydrogen (secondary N) is 1. The Morgan fingerprint density at radius 2 is 1.65 bits per heavy atom. The topological polar surface area (TPSA) is 75.4 Å². The van der Waals surface area contributed by atoms with Gasteiger partial charge in [0, 0.05) is 20.5 Å². The van der Waals surface area contributed by atoms with Gasteiger partial charge in [0.2, 0.25) is 11.8 Å². The highest BCUT2D eigenvalue weighted by Crippen LogP contribution is 2.22. The fraction of sp³-hybridized carbons (Fsp3) is 0.867. The molecule has 20 heavy (non-hydrogen) atoms. The number of likely N-dealkylation sites (N-methyl/N-ethyl adjacent to an activating group) is 1. The molecule has 0 spiro atoms. The standard InChI is InChI=1S/C9H16N2O2.C2H7N.2C2H6/c1-6-4-8(9(13)10-3)11(5-6)7(2)12;1-2-3;2*1-2/h6,8H,4-5H2,1-3H3,(H,10,13);2-3H2,1H3;2*1-2H3. The first-order valence-electron chi connectivity index (χ1n) is 7.66. The van der Waals surface area contributed by atoms with Gasteiger partial charge in [-0.05, 0) is 18.9 Å². The summed E-state index contributed by atoms with van der Waals surface area (Å²) in [5.74, 6) is 0.351. The van der Waals surface area contributed by atoms with Crippen LogP contribution in [0.3, 0.4) is 0 Å². The summed E-state index contributed by atoms with van der Waals surface area (Å²) in [6, 6.07) is -0.252. The lowest BCUT2D eigenvalue weighted by atomic mass is 10.1. The summed E-state index contributed by atoms with van der Waals surface area (Å²) in [5, 5.41) is 2.58. The van der Waals surface area contributed by atoms with E-state index in [9.17, 15) is 9.59 Å². The van der Waals surface area contributed by atoms with Gasteiger partial charge in [0.15, 0.2) is 0 Å². The molecule has 0 saturated carbocycles. The first-order chi connectivity index (χ1) is 9.47. The van der Waals surface area contributed by atoms with Gasteiger partial charge < -0.3 is 16.0 Å². The average Bonchev–Trinajstić information content (AvgIpc) is 2.85. The van der Waals surface area contributed by atoms with Crippen LogP contribution >= 0.6 is 0 Å². The van der Waals surface area contributed by atoms with Crippen LogP contribution in [0.15, 0.2) is 0 Å². The molecule has 0 radical (unpaired) electrons. The molecule has 0 aromatic heterocycles. The van der Waals surface area contributed by atoms with Crippen molar-refractivity contribution in [3.8, 4) is 0 Å². The molecule has 0 aromatic rings. The smallest absolute Gasteiger partial charge is 0.242 e. The van der Waals surface area contributed by atoms with Crippen LogP contribution in [-0.2, 0) is 9.59 Å². The van der Waals surface area contributed by atoms with Crippen LogP contribution in [0.2, 0.25) is 0 Å². The van der Waals surface area contributed by atoms with Gasteiger partial charge in [0.1, 0.15) is 6.04 Å². The van der Waals surface area contributed by atoms with Gasteiger partial charge in [-0.3, -0.25) is 9.59 Å². The second-order valence-corrected chi connectivity index (χ2v) is 4.05. The maximum absolute atomic E-state index is 11.4. The molecule has 2 amide bonds. The van der Waals surface area contributed by atoms with E-state index < -0.39 is 0 Å². The van der Waals surface area contributed by atoms with E-state index in [2.05, 4.69) is 12.2 Å². The van der Waals surface area contributed by atoms with Crippen LogP contribution in [0.5, 0.6) is 0 Å². The molecule has 122 valence electrons. The van der Waals surface area contributed by atoms with Crippen molar-refractivity contribution < 1.29 is 9.59 Å². The van der Waals surface area contributed by atoms with Gasteiger partial charge in [-0.25, -0.2) is 0 Å². The van der Waals surface area contributed by atoms with E-state index >= 15 is 0 Å². The number of likely N-dealkylation sites (tertiary alicyclic amines) is 1. The fourth-order valence-electron chi connectivity index (χ4n) is 1.81. The van der Waals surface area contributed by atoms with Gasteiger partial charge in [0.05, 0.1) is 0 Å². The lowest BCUT2D eigenvalue weighted by Gasteiger charge is -2.21. The van der Waals surface area contributed by atoms with Crippen LogP contribution in [0.4, 0.5) is 0 Å². The molecular weight excluding hydrogens is 254 g/mol. The first-order valence-corrected chi connectivity index (χ1v) is 7.66. The van der Waals surface area contributed by atoms with E-state index in [0.29, 0.717) is 12.5 Å². The van der Waals surface area contributed by atoms with Gasteiger partial charge in [-0.2, -0.15) is 0 Å². The van der Waals surface area contributed by atoms with Crippen LogP contribution in [0, 0.1) is 5.92 Å². The van der Waals surface area contributed by atoms with Crippen molar-refractivity contribution in [2.45, 2.75) is 60.9 Å². The fourth-order valence-corrected chi connectivity index (χ4v) is 1.81. The molecule has 1 aliphatic heterocycles. The van der Waals surface area contributed by atoms with E-state index in [1.54, 1.807) is 11.9 Å². The van der Waals surface area contributed by atoms with Crippen LogP contribution < -0.4 is 11.1 Å². The predicted octanol–water partition coefficient (Wildman–Crippen LogP) is 2.01. The van der Waals surface area contributed by atoms with Gasteiger partial charge >= 0.3 is 0 Å². The molecule has 1 aliphatic rings. The molecule has 1 heterocycles. The molecular formula is C15H35N3O2. The second kappa shape index (κ2) is 16.0. The molecule has 5 heteroatoms. The number of rotatable bonds is 1. The quantitative estimate of drug-likeness (QED) is 0.775. The molecule has 3 N–H and O–H groups in total. The zero-order valence-electron chi connectivity index (χ0n) is 14.6. The average molecular weight is 289 g/mol. The predicted molar refractivity (Wildman–Crippen MR) is 86.4 cm³/mol. The number of nitrogens with zero attached hydrogens (tertiary/aromatic N) is 1. The summed E-state index contributed by atoms with van der Waals surface area (Å²) in [5.41, 5.74) is 4.85. The van der Waals surface area contributed by atoms with Crippen LogP contribution in [0.25, 0.3) is 0 Å². The molecule has 0 aliphatic carbocycles. The first kappa shape index (κ1) is 24.0. The SMILES string of the molecule is CC.CC.CCN.CNC(=O)C1CC(C)CN1C(C)=O. The minimum absolute atomic E-state index is 0.0158. The summed E-state index contributed by atoms with van der Waals surface area (Å²) in [4.78, 5) is 24.2. The highest BCUT2D eigenvalue weighted by Gasteiger charge is 2.35. The number of carbonyl (C=O) groups is 2. The van der Waals surface area contributed by atoms with E-state index in [0.717, 1.165) is 13.0 Å². The monoisotopic (exact) mass is 289 g/mol. The van der Waals surface area contributed by atoms with Crippen molar-refractivity contribution in [1.29, 1.82) is 0 Å². The third-order valence-electron chi connectivity index (χ3n) is 2.46. The van der Waals surface area contributed by atoms with Crippen molar-refractivity contribution in [3.63, 3.8) is 0 Å². The summed E-state index contributed by atoms with van der Waals surface area (Å²) >= 11 is 0. The normalized spacial score (nSPS) is 19.4. The Balaban J connectivity index is -0.000000355. The summed E-state index contributed by atoms with van der Waals surface area (Å²) < 4.78 is 0. The minimum atomic E-state index is -0.252. The van der Waals surface area contributed by atoms with Crippen molar-refractivity contribution in [1.82, 2.24) is 10.2 Å². The molecule has 0 aromatic carbocycles. The molecule has 5 nitrogen and oxygen atoms in total. The number of nitrogens with two attached hydrogens (primary N) is 1. The van der Waals surface area contributed by atoms with Crippen molar-refractivity contribution >= 4 is 11.8 Å². The van der Waals surface area contributed by atoms with E-state index in [4.69, 9.17) is 5.73 Å². The Kier molecular flexibility index (Phi) is 19.1. The Bertz CT molecular complexity index is 245. The summed E-state index contributed by atoms with van der Waals surface area (Å²) in [7, 11) is 1.60. The van der Waals surface area contributed by atoms with E-state index in [1.165, 1.54) is 6.92 Å². The molecule has 2 unspecified atom stereocenters. The minimum Gasteiger partial charge on any atom is -0.357 e. The summed E-state index contributed by atoms with van der Waals surface area (Å²) in [6.45, 7) is 14.9.